The summed E-state index contributed by atoms with van der Waals surface area (Å²) in [5.74, 6) is 1.24. The molecule has 0 bridgehead atoms. The molecule has 0 fully saturated rings. The van der Waals surface area contributed by atoms with Crippen LogP contribution in [0.5, 0.6) is 0 Å². The number of pyridine rings is 2. The number of nitrogens with zero attached hydrogens (tertiary/aromatic N) is 4. The lowest BCUT2D eigenvalue weighted by atomic mass is 9.92. The fourth-order valence-electron chi connectivity index (χ4n) is 8.66. The molecule has 6 heteroatoms. The van der Waals surface area contributed by atoms with E-state index in [0.29, 0.717) is 11.8 Å². The first-order chi connectivity index (χ1) is 30.7. The zero-order valence-corrected chi connectivity index (χ0v) is 33.2. The molecule has 0 N–H and O–H groups in total. The van der Waals surface area contributed by atoms with Crippen molar-refractivity contribution in [2.75, 3.05) is 0 Å². The maximum atomic E-state index is 6.21. The van der Waals surface area contributed by atoms with E-state index < -0.39 is 0 Å². The molecule has 0 aliphatic heterocycles. The van der Waals surface area contributed by atoms with Gasteiger partial charge in [-0.15, -0.1) is 0 Å². The molecular weight excluding hydrogens is 761 g/mol. The van der Waals surface area contributed by atoms with Crippen LogP contribution in [0.3, 0.4) is 0 Å². The normalized spacial score (nSPS) is 11.5. The molecule has 12 rings (SSSR count). The van der Waals surface area contributed by atoms with Crippen LogP contribution in [0.25, 0.3) is 123 Å². The van der Waals surface area contributed by atoms with Gasteiger partial charge >= 0.3 is 0 Å². The molecule has 4 aromatic heterocycles. The SMILES string of the molecule is c1ccc(-c2ccc(-c3ccc(-c4ccc(-c5nc6ccccc6o5)c5ccccc45)cc3)c(-c3ccc(-c4ccc(-c5nc6ccccc6o5)c5ccccc45)cc3)n2)nc1. The lowest BCUT2D eigenvalue weighted by Crippen LogP contribution is -1.94. The number of benzene rings is 8. The average Bonchev–Trinajstić information content (AvgIpc) is 3.99. The van der Waals surface area contributed by atoms with Gasteiger partial charge in [0, 0.05) is 28.5 Å². The molecular formula is C56H34N4O2. The van der Waals surface area contributed by atoms with Crippen LogP contribution in [0.15, 0.2) is 215 Å². The predicted octanol–water partition coefficient (Wildman–Crippen LogP) is 14.7. The van der Waals surface area contributed by atoms with Gasteiger partial charge in [0.05, 0.1) is 17.1 Å². The number of aromatic nitrogens is 4. The first-order valence-electron chi connectivity index (χ1n) is 20.6. The van der Waals surface area contributed by atoms with Crippen molar-refractivity contribution in [2.24, 2.45) is 0 Å². The fraction of sp³-hybridized carbons (Fsp3) is 0. The Morgan fingerprint density at radius 1 is 0.290 bits per heavy atom. The highest BCUT2D eigenvalue weighted by molar-refractivity contribution is 6.06. The van der Waals surface area contributed by atoms with Gasteiger partial charge in [-0.25, -0.2) is 15.0 Å². The van der Waals surface area contributed by atoms with Crippen molar-refractivity contribution in [3.8, 4) is 78.9 Å². The first kappa shape index (κ1) is 35.5. The minimum Gasteiger partial charge on any atom is -0.436 e. The van der Waals surface area contributed by atoms with E-state index in [0.717, 1.165) is 111 Å². The maximum Gasteiger partial charge on any atom is 0.227 e. The number of hydrogen-bond acceptors (Lipinski definition) is 6. The van der Waals surface area contributed by atoms with Crippen molar-refractivity contribution in [1.29, 1.82) is 0 Å². The number of oxazole rings is 2. The second-order valence-electron chi connectivity index (χ2n) is 15.3. The summed E-state index contributed by atoms with van der Waals surface area (Å²) in [5, 5.41) is 4.44. The van der Waals surface area contributed by atoms with Crippen molar-refractivity contribution in [3.63, 3.8) is 0 Å². The molecule has 0 radical (unpaired) electrons. The van der Waals surface area contributed by atoms with Crippen LogP contribution >= 0.6 is 0 Å². The van der Waals surface area contributed by atoms with Gasteiger partial charge in [-0.05, 0) is 110 Å². The van der Waals surface area contributed by atoms with Crippen LogP contribution in [0, 0.1) is 0 Å². The molecule has 0 amide bonds. The molecule has 0 spiro atoms. The van der Waals surface area contributed by atoms with Gasteiger partial charge in [0.2, 0.25) is 11.8 Å². The Hall–Kier alpha value is -8.48. The quantitative estimate of drug-likeness (QED) is 0.160. The van der Waals surface area contributed by atoms with E-state index in [1.165, 1.54) is 0 Å². The zero-order valence-electron chi connectivity index (χ0n) is 33.2. The molecule has 62 heavy (non-hydrogen) atoms. The van der Waals surface area contributed by atoms with Crippen LogP contribution < -0.4 is 0 Å². The number of rotatable bonds is 7. The number of fused-ring (bicyclic) bond motifs is 4. The van der Waals surface area contributed by atoms with Crippen LogP contribution in [-0.2, 0) is 0 Å². The average molecular weight is 795 g/mol. The van der Waals surface area contributed by atoms with Crippen LogP contribution in [0.2, 0.25) is 0 Å². The Labute approximate surface area is 356 Å². The molecule has 4 heterocycles. The summed E-state index contributed by atoms with van der Waals surface area (Å²) >= 11 is 0. The summed E-state index contributed by atoms with van der Waals surface area (Å²) < 4.78 is 12.4. The molecule has 6 nitrogen and oxygen atoms in total. The molecule has 0 aliphatic carbocycles. The van der Waals surface area contributed by atoms with E-state index in [2.05, 4.69) is 138 Å². The van der Waals surface area contributed by atoms with Gasteiger partial charge in [-0.1, -0.05) is 140 Å². The third-order valence-electron chi connectivity index (χ3n) is 11.7. The van der Waals surface area contributed by atoms with Crippen molar-refractivity contribution < 1.29 is 8.83 Å². The molecule has 8 aromatic carbocycles. The van der Waals surface area contributed by atoms with Crippen LogP contribution in [0.1, 0.15) is 0 Å². The van der Waals surface area contributed by atoms with E-state index in [4.69, 9.17) is 23.8 Å². The largest absolute Gasteiger partial charge is 0.436 e. The van der Waals surface area contributed by atoms with E-state index in [1.54, 1.807) is 6.20 Å². The lowest BCUT2D eigenvalue weighted by molar-refractivity contribution is 0.620. The number of para-hydroxylation sites is 4. The Morgan fingerprint density at radius 3 is 1.21 bits per heavy atom. The summed E-state index contributed by atoms with van der Waals surface area (Å²) in [6.07, 6.45) is 1.81. The van der Waals surface area contributed by atoms with Gasteiger partial charge in [-0.2, -0.15) is 0 Å². The first-order valence-corrected chi connectivity index (χ1v) is 20.6. The standard InChI is InChI=1S/C56H34N4O2/c1-3-13-44-42(11-1)39(28-30-46(44)55-59-50-16-5-7-18-52(50)61-55)35-20-22-37(23-21-35)41-32-33-49(48-15-9-10-34-57-48)58-54(41)38-26-24-36(25-27-38)40-29-31-47(45-14-4-2-12-43(40)45)56-60-51-17-6-8-19-53(51)62-56/h1-34H. The van der Waals surface area contributed by atoms with Gasteiger partial charge in [-0.3, -0.25) is 4.98 Å². The minimum absolute atomic E-state index is 0.617. The summed E-state index contributed by atoms with van der Waals surface area (Å²) in [4.78, 5) is 19.5. The Bertz CT molecular complexity index is 3560. The van der Waals surface area contributed by atoms with Gasteiger partial charge in [0.25, 0.3) is 0 Å². The van der Waals surface area contributed by atoms with Crippen molar-refractivity contribution >= 4 is 43.7 Å². The smallest absolute Gasteiger partial charge is 0.227 e. The second kappa shape index (κ2) is 14.7. The Balaban J connectivity index is 0.914. The predicted molar refractivity (Wildman–Crippen MR) is 250 cm³/mol. The Morgan fingerprint density at radius 2 is 0.710 bits per heavy atom. The highest BCUT2D eigenvalue weighted by Crippen LogP contribution is 2.41. The maximum absolute atomic E-state index is 6.21. The monoisotopic (exact) mass is 794 g/mol. The zero-order chi connectivity index (χ0) is 41.0. The van der Waals surface area contributed by atoms with Crippen LogP contribution in [-0.4, -0.2) is 19.9 Å². The second-order valence-corrected chi connectivity index (χ2v) is 15.3. The molecule has 290 valence electrons. The lowest BCUT2D eigenvalue weighted by Gasteiger charge is -2.14. The molecule has 0 aliphatic rings. The van der Waals surface area contributed by atoms with Gasteiger partial charge < -0.3 is 8.83 Å². The van der Waals surface area contributed by atoms with E-state index in [1.807, 2.05) is 66.7 Å². The van der Waals surface area contributed by atoms with Crippen molar-refractivity contribution in [2.45, 2.75) is 0 Å². The number of hydrogen-bond donors (Lipinski definition) is 0. The van der Waals surface area contributed by atoms with E-state index in [-0.39, 0.29) is 0 Å². The van der Waals surface area contributed by atoms with Crippen molar-refractivity contribution in [1.82, 2.24) is 19.9 Å². The summed E-state index contributed by atoms with van der Waals surface area (Å²) in [6, 6.07) is 68.9. The van der Waals surface area contributed by atoms with E-state index in [9.17, 15) is 0 Å². The molecule has 0 unspecified atom stereocenters. The van der Waals surface area contributed by atoms with Crippen molar-refractivity contribution in [3.05, 3.63) is 206 Å². The molecule has 0 saturated carbocycles. The third kappa shape index (κ3) is 6.13. The highest BCUT2D eigenvalue weighted by Gasteiger charge is 2.18. The molecule has 0 saturated heterocycles. The highest BCUT2D eigenvalue weighted by atomic mass is 16.4. The third-order valence-corrected chi connectivity index (χ3v) is 11.7. The Kier molecular flexibility index (Phi) is 8.38. The minimum atomic E-state index is 0.617. The summed E-state index contributed by atoms with van der Waals surface area (Å²) in [5.41, 5.74) is 15.3. The summed E-state index contributed by atoms with van der Waals surface area (Å²) in [6.45, 7) is 0. The summed E-state index contributed by atoms with van der Waals surface area (Å²) in [7, 11) is 0. The van der Waals surface area contributed by atoms with Gasteiger partial charge in [0.1, 0.15) is 11.0 Å². The molecule has 0 atom stereocenters. The van der Waals surface area contributed by atoms with E-state index >= 15 is 0 Å². The van der Waals surface area contributed by atoms with Crippen LogP contribution in [0.4, 0.5) is 0 Å². The topological polar surface area (TPSA) is 77.8 Å². The fourth-order valence-corrected chi connectivity index (χ4v) is 8.66. The molecule has 12 aromatic rings. The van der Waals surface area contributed by atoms with Gasteiger partial charge in [0.15, 0.2) is 11.2 Å².